The number of hydrogen-bond donors (Lipinski definition) is 2. The van der Waals surface area contributed by atoms with Gasteiger partial charge >= 0.3 is 12.2 Å². The topological polar surface area (TPSA) is 116 Å². The minimum Gasteiger partial charge on any atom is -0.514 e. The van der Waals surface area contributed by atoms with Gasteiger partial charge in [-0.25, -0.2) is 9.78 Å². The van der Waals surface area contributed by atoms with Gasteiger partial charge in [0.05, 0.1) is 48.5 Å². The van der Waals surface area contributed by atoms with Crippen molar-refractivity contribution in [3.05, 3.63) is 48.2 Å². The van der Waals surface area contributed by atoms with Crippen LogP contribution in [0.3, 0.4) is 0 Å². The number of rotatable bonds is 7. The lowest BCUT2D eigenvalue weighted by Crippen LogP contribution is -2.38. The molecule has 0 bridgehead atoms. The SMILES string of the molecule is [B]C([B])([B])Oc1cncc(NC(=O)Nc2cnc(-n3nccn3)c(C(F)(F)F)c2)c1[C@H](C)OC. The van der Waals surface area contributed by atoms with E-state index < -0.39 is 35.0 Å². The Bertz CT molecular complexity index is 1160. The molecule has 0 aliphatic heterocycles. The number of anilines is 2. The monoisotopic (exact) mass is 467 g/mol. The Morgan fingerprint density at radius 3 is 2.38 bits per heavy atom. The van der Waals surface area contributed by atoms with Gasteiger partial charge in [-0.2, -0.15) is 23.4 Å². The molecule has 3 aromatic heterocycles. The molecular formula is C18H15B3F3N7O3. The molecule has 1 atom stereocenters. The predicted molar refractivity (Wildman–Crippen MR) is 117 cm³/mol. The number of carbonyl (C=O) groups is 1. The molecule has 10 nitrogen and oxygen atoms in total. The van der Waals surface area contributed by atoms with Crippen molar-refractivity contribution in [2.75, 3.05) is 17.7 Å². The molecule has 0 aliphatic rings. The molecule has 16 heteroatoms. The number of alkyl halides is 3. The molecule has 2 N–H and O–H groups in total. The first-order valence-corrected chi connectivity index (χ1v) is 9.47. The summed E-state index contributed by atoms with van der Waals surface area (Å²) < 4.78 is 51.2. The van der Waals surface area contributed by atoms with Crippen LogP contribution in [0.5, 0.6) is 5.75 Å². The lowest BCUT2D eigenvalue weighted by molar-refractivity contribution is -0.137. The van der Waals surface area contributed by atoms with Gasteiger partial charge in [0.25, 0.3) is 0 Å². The van der Waals surface area contributed by atoms with Crippen LogP contribution in [0.25, 0.3) is 5.82 Å². The lowest BCUT2D eigenvalue weighted by atomic mass is 9.52. The molecule has 0 saturated heterocycles. The third-order valence-electron chi connectivity index (χ3n) is 4.28. The van der Waals surface area contributed by atoms with Crippen LogP contribution in [-0.4, -0.2) is 66.9 Å². The van der Waals surface area contributed by atoms with E-state index in [0.717, 1.165) is 6.20 Å². The summed E-state index contributed by atoms with van der Waals surface area (Å²) in [5.41, 5.74) is -1.01. The summed E-state index contributed by atoms with van der Waals surface area (Å²) in [6.07, 6.45) is 0.530. The molecule has 0 saturated carbocycles. The van der Waals surface area contributed by atoms with E-state index in [1.54, 1.807) is 6.92 Å². The minimum atomic E-state index is -4.79. The largest absolute Gasteiger partial charge is 0.514 e. The summed E-state index contributed by atoms with van der Waals surface area (Å²) in [6, 6.07) is -0.198. The Morgan fingerprint density at radius 1 is 1.12 bits per heavy atom. The number of amides is 2. The zero-order chi connectivity index (χ0) is 25.1. The van der Waals surface area contributed by atoms with Gasteiger partial charge in [0, 0.05) is 12.7 Å². The second-order valence-electron chi connectivity index (χ2n) is 6.92. The van der Waals surface area contributed by atoms with Crippen molar-refractivity contribution in [2.24, 2.45) is 0 Å². The summed E-state index contributed by atoms with van der Waals surface area (Å²) in [7, 11) is 17.9. The van der Waals surface area contributed by atoms with Crippen molar-refractivity contribution in [2.45, 2.75) is 24.5 Å². The molecule has 0 spiro atoms. The zero-order valence-corrected chi connectivity index (χ0v) is 17.9. The Hall–Kier alpha value is -3.55. The van der Waals surface area contributed by atoms with E-state index >= 15 is 0 Å². The normalized spacial score (nSPS) is 12.7. The lowest BCUT2D eigenvalue weighted by Gasteiger charge is -2.27. The van der Waals surface area contributed by atoms with Gasteiger partial charge in [0.15, 0.2) is 5.82 Å². The van der Waals surface area contributed by atoms with E-state index in [1.165, 1.54) is 31.9 Å². The van der Waals surface area contributed by atoms with Crippen molar-refractivity contribution >= 4 is 40.9 Å². The molecule has 0 aliphatic carbocycles. The zero-order valence-electron chi connectivity index (χ0n) is 17.9. The molecule has 3 aromatic rings. The van der Waals surface area contributed by atoms with Crippen molar-refractivity contribution in [3.8, 4) is 11.6 Å². The Kier molecular flexibility index (Phi) is 7.19. The maximum absolute atomic E-state index is 13.6. The fourth-order valence-corrected chi connectivity index (χ4v) is 2.86. The number of aromatic nitrogens is 5. The highest BCUT2D eigenvalue weighted by Crippen LogP contribution is 2.35. The van der Waals surface area contributed by atoms with E-state index in [9.17, 15) is 18.0 Å². The van der Waals surface area contributed by atoms with Crippen LogP contribution < -0.4 is 15.4 Å². The standard InChI is InChI=1S/C18H15B3F3N7O3/c1-9(33-2)14-12(7-25-8-13(14)34-18(19,20)21)30-16(32)29-10-5-11(17(22,23)24)15(26-6-10)31-27-3-4-28-31/h3-9H,1-2H3,(H2,29,30,32)/t9-/m0/s1. The number of nitrogens with zero attached hydrogens (tertiary/aromatic N) is 5. The van der Waals surface area contributed by atoms with Crippen molar-refractivity contribution < 1.29 is 27.4 Å². The Labute approximate surface area is 195 Å². The van der Waals surface area contributed by atoms with Crippen LogP contribution in [0.15, 0.2) is 37.1 Å². The van der Waals surface area contributed by atoms with Crippen molar-refractivity contribution in [3.63, 3.8) is 0 Å². The number of urea groups is 1. The van der Waals surface area contributed by atoms with E-state index in [1.807, 2.05) is 0 Å². The number of pyridine rings is 2. The number of carbonyl (C=O) groups excluding carboxylic acids is 1. The highest BCUT2D eigenvalue weighted by molar-refractivity contribution is 6.58. The van der Waals surface area contributed by atoms with Gasteiger partial charge in [-0.1, -0.05) is 0 Å². The number of ether oxygens (including phenoxy) is 2. The third-order valence-corrected chi connectivity index (χ3v) is 4.28. The van der Waals surface area contributed by atoms with Gasteiger partial charge in [-0.3, -0.25) is 4.98 Å². The Morgan fingerprint density at radius 2 is 1.79 bits per heavy atom. The highest BCUT2D eigenvalue weighted by Gasteiger charge is 2.36. The summed E-state index contributed by atoms with van der Waals surface area (Å²) in [5, 5.41) is 10.0. The first-order valence-electron chi connectivity index (χ1n) is 9.47. The van der Waals surface area contributed by atoms with E-state index in [4.69, 9.17) is 33.0 Å². The van der Waals surface area contributed by atoms with Crippen LogP contribution in [0.1, 0.15) is 24.2 Å². The number of nitrogens with one attached hydrogen (secondary N) is 2. The van der Waals surface area contributed by atoms with Crippen molar-refractivity contribution in [1.29, 1.82) is 0 Å². The molecule has 0 unspecified atom stereocenters. The summed E-state index contributed by atoms with van der Waals surface area (Å²) in [5.74, 6) is -0.528. The fraction of sp³-hybridized carbons (Fsp3) is 0.278. The van der Waals surface area contributed by atoms with Gasteiger partial charge in [0.1, 0.15) is 34.9 Å². The van der Waals surface area contributed by atoms with Crippen LogP contribution in [0.2, 0.25) is 0 Å². The molecule has 6 radical (unpaired) electrons. The van der Waals surface area contributed by atoms with E-state index in [-0.39, 0.29) is 22.7 Å². The van der Waals surface area contributed by atoms with E-state index in [0.29, 0.717) is 10.9 Å². The first kappa shape index (κ1) is 25.1. The molecule has 34 heavy (non-hydrogen) atoms. The molecule has 2 amide bonds. The van der Waals surface area contributed by atoms with Crippen LogP contribution in [0, 0.1) is 0 Å². The first-order chi connectivity index (χ1) is 15.9. The quantitative estimate of drug-likeness (QED) is 0.511. The average molecular weight is 467 g/mol. The Balaban J connectivity index is 1.88. The number of halogens is 3. The van der Waals surface area contributed by atoms with Gasteiger partial charge in [-0.05, 0) is 18.3 Å². The summed E-state index contributed by atoms with van der Waals surface area (Å²) in [6.45, 7) is 1.64. The molecule has 170 valence electrons. The van der Waals surface area contributed by atoms with Gasteiger partial charge < -0.3 is 20.1 Å². The molecule has 3 heterocycles. The van der Waals surface area contributed by atoms with Gasteiger partial charge in [0.2, 0.25) is 0 Å². The molecular weight excluding hydrogens is 452 g/mol. The third kappa shape index (κ3) is 6.07. The highest BCUT2D eigenvalue weighted by atomic mass is 19.4. The van der Waals surface area contributed by atoms with Crippen LogP contribution in [-0.2, 0) is 10.9 Å². The molecule has 0 fully saturated rings. The fourth-order valence-electron chi connectivity index (χ4n) is 2.86. The number of methoxy groups -OCH3 is 1. The molecule has 3 rings (SSSR count). The van der Waals surface area contributed by atoms with Gasteiger partial charge in [-0.15, -0.1) is 4.80 Å². The maximum atomic E-state index is 13.6. The van der Waals surface area contributed by atoms with Crippen LogP contribution in [0.4, 0.5) is 29.3 Å². The second kappa shape index (κ2) is 9.75. The minimum absolute atomic E-state index is 0.0248. The number of hydrogen-bond acceptors (Lipinski definition) is 7. The summed E-state index contributed by atoms with van der Waals surface area (Å²) in [4.78, 5) is 21.0. The second-order valence-corrected chi connectivity index (χ2v) is 6.92. The van der Waals surface area contributed by atoms with E-state index in [2.05, 4.69) is 30.8 Å². The van der Waals surface area contributed by atoms with Crippen LogP contribution >= 0.6 is 0 Å². The van der Waals surface area contributed by atoms with Crippen molar-refractivity contribution in [1.82, 2.24) is 25.0 Å². The summed E-state index contributed by atoms with van der Waals surface area (Å²) >= 11 is 0. The molecule has 0 aromatic carbocycles. The predicted octanol–water partition coefficient (Wildman–Crippen LogP) is 1.92. The average Bonchev–Trinajstić information content (AvgIpc) is 3.26. The smallest absolute Gasteiger partial charge is 0.420 e. The maximum Gasteiger partial charge on any atom is 0.420 e.